The summed E-state index contributed by atoms with van der Waals surface area (Å²) >= 11 is 0. The monoisotopic (exact) mass is 953 g/mol. The van der Waals surface area contributed by atoms with Gasteiger partial charge in [0, 0.05) is 33.0 Å². The average Bonchev–Trinajstić information content (AvgIpc) is 3.70. The predicted octanol–water partition coefficient (Wildman–Crippen LogP) is 17.3. The van der Waals surface area contributed by atoms with Crippen molar-refractivity contribution in [1.82, 2.24) is 0 Å². The van der Waals surface area contributed by atoms with Crippen LogP contribution in [0.1, 0.15) is 88.8 Å². The van der Waals surface area contributed by atoms with Crippen molar-refractivity contribution in [1.29, 1.82) is 0 Å². The SMILES string of the molecule is CCOP(=O)(Cc1ccc2c(N(c3ccc4c(c3)C(C)(C)c3ccccc3-4)c3ccc4c(c3)C(C)(C)c3ccccc3-4)c3ccc(CP(=O)(OCC)OCC)cc3c(-c3ccccc3)c2c1)OCC. The van der Waals surface area contributed by atoms with Gasteiger partial charge in [-0.25, -0.2) is 0 Å². The molecule has 8 aromatic carbocycles. The van der Waals surface area contributed by atoms with Gasteiger partial charge in [-0.3, -0.25) is 9.13 Å². The van der Waals surface area contributed by atoms with Gasteiger partial charge in [-0.15, -0.1) is 0 Å². The molecule has 0 atom stereocenters. The van der Waals surface area contributed by atoms with Gasteiger partial charge in [-0.05, 0) is 142 Å². The van der Waals surface area contributed by atoms with E-state index >= 15 is 0 Å². The first-order valence-electron chi connectivity index (χ1n) is 24.4. The van der Waals surface area contributed by atoms with E-state index in [2.05, 4.69) is 178 Å². The van der Waals surface area contributed by atoms with Crippen LogP contribution in [0.4, 0.5) is 17.1 Å². The minimum atomic E-state index is -3.49. The first-order valence-corrected chi connectivity index (χ1v) is 27.8. The smallest absolute Gasteiger partial charge is 0.309 e. The van der Waals surface area contributed by atoms with E-state index in [-0.39, 0.29) is 49.6 Å². The van der Waals surface area contributed by atoms with E-state index in [1.165, 1.54) is 44.5 Å². The Morgan fingerprint density at radius 2 is 0.812 bits per heavy atom. The Balaban J connectivity index is 1.31. The summed E-state index contributed by atoms with van der Waals surface area (Å²) in [4.78, 5) is 2.45. The highest BCUT2D eigenvalue weighted by atomic mass is 31.2. The summed E-state index contributed by atoms with van der Waals surface area (Å²) in [5.41, 5.74) is 16.5. The van der Waals surface area contributed by atoms with Crippen molar-refractivity contribution in [3.63, 3.8) is 0 Å². The van der Waals surface area contributed by atoms with E-state index in [4.69, 9.17) is 18.1 Å². The first kappa shape index (κ1) is 47.1. The third kappa shape index (κ3) is 8.22. The molecule has 9 heteroatoms. The standard InChI is InChI=1S/C60H61NO6P2/c1-9-64-68(62,65-10-2)38-40-26-30-49-51(34-40)57(42-20-14-13-15-21-42)52-35-41(39-69(63,66-11-3)67-12-4)27-31-50(52)58(49)61(43-28-32-47-45-22-16-18-24-53(45)59(5,6)55(47)36-43)44-29-33-48-46-23-17-19-25-54(46)60(7,8)56(48)37-44/h13-37H,9-12,38-39H2,1-8H3. The van der Waals surface area contributed by atoms with Crippen LogP contribution >= 0.6 is 15.2 Å². The second-order valence-corrected chi connectivity index (χ2v) is 23.3. The van der Waals surface area contributed by atoms with Crippen molar-refractivity contribution in [3.8, 4) is 33.4 Å². The number of benzene rings is 8. The molecule has 10 rings (SSSR count). The van der Waals surface area contributed by atoms with Gasteiger partial charge in [0.1, 0.15) is 0 Å². The molecule has 0 fully saturated rings. The zero-order valence-corrected chi connectivity index (χ0v) is 42.8. The maximum atomic E-state index is 14.3. The molecule has 0 aromatic heterocycles. The highest BCUT2D eigenvalue weighted by molar-refractivity contribution is 7.53. The molecule has 8 aromatic rings. The lowest BCUT2D eigenvalue weighted by Crippen LogP contribution is -2.18. The predicted molar refractivity (Wildman–Crippen MR) is 286 cm³/mol. The molecule has 0 unspecified atom stereocenters. The summed E-state index contributed by atoms with van der Waals surface area (Å²) in [6.45, 7) is 17.8. The van der Waals surface area contributed by atoms with Gasteiger partial charge in [0.2, 0.25) is 0 Å². The maximum absolute atomic E-state index is 14.3. The summed E-state index contributed by atoms with van der Waals surface area (Å²) in [6.07, 6.45) is 0.228. The minimum Gasteiger partial charge on any atom is -0.309 e. The molecule has 0 N–H and O–H groups in total. The third-order valence-corrected chi connectivity index (χ3v) is 18.3. The van der Waals surface area contributed by atoms with E-state index in [1.807, 2.05) is 33.8 Å². The lowest BCUT2D eigenvalue weighted by molar-refractivity contribution is 0.218. The van der Waals surface area contributed by atoms with Gasteiger partial charge < -0.3 is 23.0 Å². The molecule has 0 aliphatic heterocycles. The van der Waals surface area contributed by atoms with Crippen LogP contribution in [-0.2, 0) is 50.4 Å². The molecule has 0 spiro atoms. The molecular formula is C60H61NO6P2. The highest BCUT2D eigenvalue weighted by Crippen LogP contribution is 2.57. The van der Waals surface area contributed by atoms with E-state index in [0.717, 1.165) is 60.9 Å². The van der Waals surface area contributed by atoms with Crippen molar-refractivity contribution in [2.24, 2.45) is 0 Å². The number of rotatable bonds is 16. The molecule has 0 saturated heterocycles. The van der Waals surface area contributed by atoms with Gasteiger partial charge in [0.05, 0.1) is 44.4 Å². The van der Waals surface area contributed by atoms with Gasteiger partial charge in [-0.1, -0.05) is 143 Å². The van der Waals surface area contributed by atoms with Crippen LogP contribution in [-0.4, -0.2) is 26.4 Å². The molecular weight excluding hydrogens is 893 g/mol. The van der Waals surface area contributed by atoms with E-state index in [9.17, 15) is 9.13 Å². The third-order valence-electron chi connectivity index (χ3n) is 14.2. The molecule has 0 saturated carbocycles. The summed E-state index contributed by atoms with van der Waals surface area (Å²) in [7, 11) is -6.97. The Bertz CT molecular complexity index is 3160. The average molecular weight is 954 g/mol. The molecule has 0 radical (unpaired) electrons. The lowest BCUT2D eigenvalue weighted by Gasteiger charge is -2.32. The van der Waals surface area contributed by atoms with E-state index in [0.29, 0.717) is 0 Å². The van der Waals surface area contributed by atoms with Crippen molar-refractivity contribution < 1.29 is 27.2 Å². The topological polar surface area (TPSA) is 74.3 Å². The maximum Gasteiger partial charge on any atom is 0.335 e. The molecule has 0 heterocycles. The molecule has 0 amide bonds. The summed E-state index contributed by atoms with van der Waals surface area (Å²) in [6, 6.07) is 54.8. The Morgan fingerprint density at radius 3 is 1.23 bits per heavy atom. The van der Waals surface area contributed by atoms with E-state index in [1.54, 1.807) is 0 Å². The molecule has 7 nitrogen and oxygen atoms in total. The second-order valence-electron chi connectivity index (χ2n) is 19.2. The van der Waals surface area contributed by atoms with Gasteiger partial charge >= 0.3 is 15.2 Å². The fourth-order valence-corrected chi connectivity index (χ4v) is 14.6. The largest absolute Gasteiger partial charge is 0.335 e. The number of nitrogens with zero attached hydrogens (tertiary/aromatic N) is 1. The highest BCUT2D eigenvalue weighted by Gasteiger charge is 2.38. The normalized spacial score (nSPS) is 14.4. The van der Waals surface area contributed by atoms with Crippen LogP contribution < -0.4 is 4.90 Å². The van der Waals surface area contributed by atoms with Crippen LogP contribution in [0.2, 0.25) is 0 Å². The number of hydrogen-bond donors (Lipinski definition) is 0. The quantitative estimate of drug-likeness (QED) is 0.0705. The second kappa shape index (κ2) is 18.3. The molecule has 2 aliphatic rings. The summed E-state index contributed by atoms with van der Waals surface area (Å²) < 4.78 is 52.0. The van der Waals surface area contributed by atoms with Crippen LogP contribution in [0, 0.1) is 0 Å². The number of anilines is 3. The zero-order chi connectivity index (χ0) is 48.3. The minimum absolute atomic E-state index is 0.114. The Kier molecular flexibility index (Phi) is 12.5. The van der Waals surface area contributed by atoms with Crippen molar-refractivity contribution in [2.45, 2.75) is 78.5 Å². The van der Waals surface area contributed by atoms with Gasteiger partial charge in [-0.2, -0.15) is 0 Å². The lowest BCUT2D eigenvalue weighted by atomic mass is 9.82. The Hall–Kier alpha value is -5.62. The van der Waals surface area contributed by atoms with Crippen LogP contribution in [0.15, 0.2) is 152 Å². The van der Waals surface area contributed by atoms with Crippen LogP contribution in [0.3, 0.4) is 0 Å². The van der Waals surface area contributed by atoms with Crippen molar-refractivity contribution >= 4 is 53.8 Å². The van der Waals surface area contributed by atoms with Gasteiger partial charge in [0.15, 0.2) is 0 Å². The molecule has 352 valence electrons. The van der Waals surface area contributed by atoms with Crippen LogP contribution in [0.25, 0.3) is 54.9 Å². The fraction of sp³-hybridized carbons (Fsp3) is 0.267. The van der Waals surface area contributed by atoms with Crippen molar-refractivity contribution in [2.75, 3.05) is 31.3 Å². The Labute approximate surface area is 407 Å². The fourth-order valence-electron chi connectivity index (χ4n) is 11.2. The Morgan fingerprint density at radius 1 is 0.420 bits per heavy atom. The van der Waals surface area contributed by atoms with Gasteiger partial charge in [0.25, 0.3) is 0 Å². The summed E-state index contributed by atoms with van der Waals surface area (Å²) in [5.74, 6) is 0. The summed E-state index contributed by atoms with van der Waals surface area (Å²) in [5, 5.41) is 3.98. The first-order chi connectivity index (χ1) is 33.2. The zero-order valence-electron chi connectivity index (χ0n) is 41.0. The van der Waals surface area contributed by atoms with E-state index < -0.39 is 15.2 Å². The molecule has 2 aliphatic carbocycles. The van der Waals surface area contributed by atoms with Crippen molar-refractivity contribution in [3.05, 3.63) is 185 Å². The number of hydrogen-bond acceptors (Lipinski definition) is 7. The number of fused-ring (bicyclic) bond motifs is 8. The molecule has 0 bridgehead atoms. The molecule has 69 heavy (non-hydrogen) atoms. The van der Waals surface area contributed by atoms with Crippen LogP contribution in [0.5, 0.6) is 0 Å².